The van der Waals surface area contributed by atoms with Crippen molar-refractivity contribution in [1.29, 1.82) is 0 Å². The summed E-state index contributed by atoms with van der Waals surface area (Å²) in [6.07, 6.45) is 0. The molecular weight excluding hydrogens is 341 g/mol. The Balaban J connectivity index is 1.80. The van der Waals surface area contributed by atoms with Crippen molar-refractivity contribution in [3.05, 3.63) is 63.6 Å². The minimum Gasteiger partial charge on any atom is -0.321 e. The van der Waals surface area contributed by atoms with Crippen molar-refractivity contribution in [1.82, 2.24) is 5.43 Å². The molecular formula is C15H9Cl2N3OS. The minimum atomic E-state index is -1.07. The molecule has 2 heterocycles. The molecule has 2 aromatic rings. The van der Waals surface area contributed by atoms with Gasteiger partial charge in [-0.1, -0.05) is 65.3 Å². The highest BCUT2D eigenvalue weighted by Gasteiger charge is 2.53. The fourth-order valence-electron chi connectivity index (χ4n) is 2.56. The predicted octanol–water partition coefficient (Wildman–Crippen LogP) is 3.80. The van der Waals surface area contributed by atoms with Crippen molar-refractivity contribution in [3.63, 3.8) is 0 Å². The molecule has 0 aromatic heterocycles. The molecule has 0 saturated carbocycles. The molecule has 2 aromatic carbocycles. The van der Waals surface area contributed by atoms with Gasteiger partial charge in [-0.15, -0.1) is 0 Å². The molecule has 2 N–H and O–H groups in total. The molecule has 0 bridgehead atoms. The highest BCUT2D eigenvalue weighted by molar-refractivity contribution is 8.16. The number of benzene rings is 2. The zero-order chi connectivity index (χ0) is 15.3. The molecule has 1 unspecified atom stereocenters. The van der Waals surface area contributed by atoms with Crippen LogP contribution in [0.5, 0.6) is 0 Å². The normalized spacial score (nSPS) is 22.3. The average Bonchev–Trinajstić information content (AvgIpc) is 3.09. The van der Waals surface area contributed by atoms with E-state index in [1.165, 1.54) is 11.8 Å². The fraction of sp³-hybridized carbons (Fsp3) is 0.0667. The van der Waals surface area contributed by atoms with Gasteiger partial charge in [-0.3, -0.25) is 10.2 Å². The van der Waals surface area contributed by atoms with Crippen LogP contribution in [0.3, 0.4) is 0 Å². The van der Waals surface area contributed by atoms with Crippen molar-refractivity contribution >= 4 is 51.6 Å². The lowest BCUT2D eigenvalue weighted by atomic mass is 10.1. The average molecular weight is 350 g/mol. The molecule has 2 aliphatic rings. The Hall–Kier alpha value is -1.69. The number of rotatable bonds is 1. The third kappa shape index (κ3) is 1.86. The standard InChI is InChI=1S/C15H9Cl2N3OS/c16-9-6-7-10(17)12-11(9)15(14(21)18-12)20-19-13(22-15)8-4-2-1-3-5-8/h1-7,20H,(H,18,21). The van der Waals surface area contributed by atoms with Gasteiger partial charge in [-0.05, 0) is 12.1 Å². The molecule has 4 rings (SSSR count). The third-order valence-corrected chi connectivity index (χ3v) is 5.54. The van der Waals surface area contributed by atoms with Crippen molar-refractivity contribution in [2.75, 3.05) is 5.32 Å². The summed E-state index contributed by atoms with van der Waals surface area (Å²) in [6.45, 7) is 0. The zero-order valence-corrected chi connectivity index (χ0v) is 13.4. The number of carbonyl (C=O) groups is 1. The Bertz CT molecular complexity index is 825. The smallest absolute Gasteiger partial charge is 0.267 e. The maximum atomic E-state index is 12.6. The second-order valence-corrected chi connectivity index (χ2v) is 6.93. The first-order chi connectivity index (χ1) is 10.6. The number of nitrogens with zero attached hydrogens (tertiary/aromatic N) is 1. The number of nitrogens with one attached hydrogen (secondary N) is 2. The van der Waals surface area contributed by atoms with E-state index in [0.717, 1.165) is 10.6 Å². The predicted molar refractivity (Wildman–Crippen MR) is 90.5 cm³/mol. The number of hydrogen-bond acceptors (Lipinski definition) is 4. The summed E-state index contributed by atoms with van der Waals surface area (Å²) < 4.78 is 0. The van der Waals surface area contributed by atoms with Gasteiger partial charge >= 0.3 is 0 Å². The topological polar surface area (TPSA) is 53.5 Å². The third-order valence-electron chi connectivity index (χ3n) is 3.60. The van der Waals surface area contributed by atoms with Crippen LogP contribution in [0.15, 0.2) is 47.6 Å². The maximum Gasteiger partial charge on any atom is 0.267 e. The molecule has 1 spiro atoms. The summed E-state index contributed by atoms with van der Waals surface area (Å²) >= 11 is 13.8. The highest BCUT2D eigenvalue weighted by atomic mass is 35.5. The van der Waals surface area contributed by atoms with Crippen molar-refractivity contribution < 1.29 is 4.79 Å². The van der Waals surface area contributed by atoms with Crippen LogP contribution < -0.4 is 10.7 Å². The van der Waals surface area contributed by atoms with Gasteiger partial charge in [0.05, 0.1) is 10.7 Å². The second kappa shape index (κ2) is 4.91. The Morgan fingerprint density at radius 3 is 2.55 bits per heavy atom. The molecule has 4 nitrogen and oxygen atoms in total. The van der Waals surface area contributed by atoms with E-state index in [1.54, 1.807) is 12.1 Å². The van der Waals surface area contributed by atoms with Gasteiger partial charge in [-0.25, -0.2) is 0 Å². The van der Waals surface area contributed by atoms with Crippen molar-refractivity contribution in [2.24, 2.45) is 5.10 Å². The van der Waals surface area contributed by atoms with Crippen LogP contribution in [0, 0.1) is 0 Å². The quantitative estimate of drug-likeness (QED) is 0.823. The molecule has 1 atom stereocenters. The van der Waals surface area contributed by atoms with Crippen LogP contribution in [-0.4, -0.2) is 11.0 Å². The number of halogens is 2. The lowest BCUT2D eigenvalue weighted by Gasteiger charge is -2.20. The maximum absolute atomic E-state index is 12.6. The van der Waals surface area contributed by atoms with Crippen LogP contribution in [0.25, 0.3) is 0 Å². The number of hydrogen-bond donors (Lipinski definition) is 2. The van der Waals surface area contributed by atoms with E-state index in [1.807, 2.05) is 30.3 Å². The van der Waals surface area contributed by atoms with Crippen LogP contribution in [-0.2, 0) is 9.67 Å². The Morgan fingerprint density at radius 1 is 1.05 bits per heavy atom. The number of carbonyl (C=O) groups excluding carboxylic acids is 1. The zero-order valence-electron chi connectivity index (χ0n) is 11.1. The number of thioether (sulfide) groups is 1. The lowest BCUT2D eigenvalue weighted by molar-refractivity contribution is -0.118. The summed E-state index contributed by atoms with van der Waals surface area (Å²) in [5.41, 5.74) is 5.07. The molecule has 0 aliphatic carbocycles. The van der Waals surface area contributed by atoms with Crippen LogP contribution in [0.2, 0.25) is 10.0 Å². The van der Waals surface area contributed by atoms with Crippen LogP contribution in [0.4, 0.5) is 5.69 Å². The van der Waals surface area contributed by atoms with E-state index < -0.39 is 4.87 Å². The van der Waals surface area contributed by atoms with Crippen LogP contribution in [0.1, 0.15) is 11.1 Å². The van der Waals surface area contributed by atoms with E-state index in [0.29, 0.717) is 21.3 Å². The first kappa shape index (κ1) is 13.9. The lowest BCUT2D eigenvalue weighted by Crippen LogP contribution is -2.40. The molecule has 22 heavy (non-hydrogen) atoms. The van der Waals surface area contributed by atoms with E-state index in [2.05, 4.69) is 15.8 Å². The monoisotopic (exact) mass is 349 g/mol. The summed E-state index contributed by atoms with van der Waals surface area (Å²) in [7, 11) is 0. The van der Waals surface area contributed by atoms with Gasteiger partial charge < -0.3 is 5.32 Å². The first-order valence-corrected chi connectivity index (χ1v) is 8.08. The van der Waals surface area contributed by atoms with Gasteiger partial charge in [0.25, 0.3) is 5.91 Å². The van der Waals surface area contributed by atoms with Crippen molar-refractivity contribution in [3.8, 4) is 0 Å². The van der Waals surface area contributed by atoms with E-state index in [-0.39, 0.29) is 5.91 Å². The number of anilines is 1. The summed E-state index contributed by atoms with van der Waals surface area (Å²) in [5, 5.41) is 8.80. The summed E-state index contributed by atoms with van der Waals surface area (Å²) in [4.78, 5) is 11.5. The fourth-order valence-corrected chi connectivity index (χ4v) is 4.31. The van der Waals surface area contributed by atoms with Crippen LogP contribution >= 0.6 is 35.0 Å². The Morgan fingerprint density at radius 2 is 1.77 bits per heavy atom. The van der Waals surface area contributed by atoms with Gasteiger partial charge in [-0.2, -0.15) is 5.10 Å². The molecule has 1 amide bonds. The van der Waals surface area contributed by atoms with Gasteiger partial charge in [0.15, 0.2) is 0 Å². The van der Waals surface area contributed by atoms with E-state index in [9.17, 15) is 4.79 Å². The number of fused-ring (bicyclic) bond motifs is 2. The minimum absolute atomic E-state index is 0.225. The molecule has 7 heteroatoms. The summed E-state index contributed by atoms with van der Waals surface area (Å²) in [6, 6.07) is 13.0. The SMILES string of the molecule is O=C1Nc2c(Cl)ccc(Cl)c2C12NN=C(c1ccccc1)S2. The van der Waals surface area contributed by atoms with E-state index in [4.69, 9.17) is 23.2 Å². The Kier molecular flexibility index (Phi) is 3.11. The highest BCUT2D eigenvalue weighted by Crippen LogP contribution is 2.52. The van der Waals surface area contributed by atoms with Crippen molar-refractivity contribution in [2.45, 2.75) is 4.87 Å². The molecule has 110 valence electrons. The number of hydrazone groups is 1. The van der Waals surface area contributed by atoms with Gasteiger partial charge in [0.2, 0.25) is 4.87 Å². The second-order valence-electron chi connectivity index (χ2n) is 4.91. The van der Waals surface area contributed by atoms with Gasteiger partial charge in [0.1, 0.15) is 5.04 Å². The van der Waals surface area contributed by atoms with Gasteiger partial charge in [0, 0.05) is 16.1 Å². The first-order valence-electron chi connectivity index (χ1n) is 6.51. The molecule has 0 radical (unpaired) electrons. The Labute approximate surface area is 140 Å². The number of amides is 1. The largest absolute Gasteiger partial charge is 0.321 e. The molecule has 2 aliphatic heterocycles. The molecule has 0 saturated heterocycles. The van der Waals surface area contributed by atoms with E-state index >= 15 is 0 Å². The summed E-state index contributed by atoms with van der Waals surface area (Å²) in [5.74, 6) is -0.225. The molecule has 0 fully saturated rings.